The molecule has 0 radical (unpaired) electrons. The molecule has 1 saturated heterocycles. The van der Waals surface area contributed by atoms with Crippen LogP contribution in [-0.4, -0.2) is 79.7 Å². The first-order chi connectivity index (χ1) is 20.1. The number of fused-ring (bicyclic) bond motifs is 1. The van der Waals surface area contributed by atoms with Crippen LogP contribution in [0.1, 0.15) is 34.0 Å². The quantitative estimate of drug-likeness (QED) is 0.176. The number of carbonyl (C=O) groups is 2. The van der Waals surface area contributed by atoms with E-state index in [2.05, 4.69) is 0 Å². The predicted octanol–water partition coefficient (Wildman–Crippen LogP) is 1.95. The number of esters is 1. The van der Waals surface area contributed by atoms with Crippen molar-refractivity contribution in [1.82, 2.24) is 0 Å². The molecule has 0 bridgehead atoms. The number of Topliss-reactive ketones (excluding diaryl/α,β-unsaturated/α-hetero) is 1. The molecule has 6 N–H and O–H groups in total. The summed E-state index contributed by atoms with van der Waals surface area (Å²) in [5.41, 5.74) is 1.21. The standard InChI is InChI=1S/C30H28O12/c31-17-6-1-15(2-7-17)3-10-25(35)39-14-24-27(36)28(37)29(38)30(42-24)41-23-12-19(33)11-22-26(23)20(34)13-21(40-22)16-4-8-18(32)9-5-16/h1-12,21,24,27-33,36-38H,13-14H2/b10-3+/t21?,24-,27-,28+,29-,30-/m1/s1. The summed E-state index contributed by atoms with van der Waals surface area (Å²) in [6, 6.07) is 14.5. The monoisotopic (exact) mass is 580 g/mol. The van der Waals surface area contributed by atoms with Crippen LogP contribution in [0.5, 0.6) is 28.7 Å². The average molecular weight is 581 g/mol. The Hall–Kier alpha value is -4.62. The van der Waals surface area contributed by atoms with Crippen molar-refractivity contribution < 1.29 is 59.2 Å². The maximum Gasteiger partial charge on any atom is 0.330 e. The Morgan fingerprint density at radius 3 is 2.24 bits per heavy atom. The van der Waals surface area contributed by atoms with E-state index in [1.165, 1.54) is 36.4 Å². The van der Waals surface area contributed by atoms with Crippen molar-refractivity contribution in [2.24, 2.45) is 0 Å². The van der Waals surface area contributed by atoms with Gasteiger partial charge in [-0.25, -0.2) is 4.79 Å². The van der Waals surface area contributed by atoms with Crippen LogP contribution in [0.4, 0.5) is 0 Å². The summed E-state index contributed by atoms with van der Waals surface area (Å²) in [7, 11) is 0. The average Bonchev–Trinajstić information content (AvgIpc) is 2.96. The van der Waals surface area contributed by atoms with E-state index >= 15 is 0 Å². The lowest BCUT2D eigenvalue weighted by molar-refractivity contribution is -0.278. The smallest absolute Gasteiger partial charge is 0.330 e. The highest BCUT2D eigenvalue weighted by atomic mass is 16.7. The van der Waals surface area contributed by atoms with Crippen LogP contribution in [0.25, 0.3) is 6.08 Å². The van der Waals surface area contributed by atoms with E-state index in [1.54, 1.807) is 24.3 Å². The van der Waals surface area contributed by atoms with Gasteiger partial charge in [-0.3, -0.25) is 4.79 Å². The molecule has 2 aliphatic rings. The second kappa shape index (κ2) is 12.1. The minimum Gasteiger partial charge on any atom is -0.508 e. The Kier molecular flexibility index (Phi) is 8.31. The van der Waals surface area contributed by atoms with Crippen molar-refractivity contribution in [3.05, 3.63) is 83.4 Å². The molecule has 0 amide bonds. The first-order valence-electron chi connectivity index (χ1n) is 12.9. The molecule has 3 aromatic carbocycles. The number of phenolic OH excluding ortho intramolecular Hbond substituents is 3. The van der Waals surface area contributed by atoms with Crippen molar-refractivity contribution >= 4 is 17.8 Å². The van der Waals surface area contributed by atoms with Crippen LogP contribution < -0.4 is 9.47 Å². The summed E-state index contributed by atoms with van der Waals surface area (Å²) in [6.07, 6.45) is -6.37. The minimum atomic E-state index is -1.77. The van der Waals surface area contributed by atoms with Crippen LogP contribution in [0.3, 0.4) is 0 Å². The van der Waals surface area contributed by atoms with Crippen LogP contribution >= 0.6 is 0 Å². The van der Waals surface area contributed by atoms with E-state index in [-0.39, 0.29) is 40.7 Å². The molecule has 3 aromatic rings. The number of aliphatic hydroxyl groups is 3. The Bertz CT molecular complexity index is 1470. The van der Waals surface area contributed by atoms with Crippen LogP contribution in [0, 0.1) is 0 Å². The van der Waals surface area contributed by atoms with Crippen LogP contribution in [0.15, 0.2) is 66.7 Å². The first-order valence-corrected chi connectivity index (χ1v) is 12.9. The normalized spacial score (nSPS) is 25.5. The highest BCUT2D eigenvalue weighted by Gasteiger charge is 2.46. The van der Waals surface area contributed by atoms with E-state index in [0.29, 0.717) is 11.1 Å². The Labute approximate surface area is 239 Å². The van der Waals surface area contributed by atoms with Gasteiger partial charge in [0.15, 0.2) is 5.78 Å². The van der Waals surface area contributed by atoms with Crippen LogP contribution in [0.2, 0.25) is 0 Å². The third kappa shape index (κ3) is 6.31. The molecule has 0 aromatic heterocycles. The van der Waals surface area contributed by atoms with Crippen LogP contribution in [-0.2, 0) is 14.3 Å². The van der Waals surface area contributed by atoms with Gasteiger partial charge in [-0.05, 0) is 41.5 Å². The first kappa shape index (κ1) is 28.9. The zero-order valence-corrected chi connectivity index (χ0v) is 21.9. The lowest BCUT2D eigenvalue weighted by atomic mass is 9.95. The molecule has 5 rings (SSSR count). The van der Waals surface area contributed by atoms with E-state index in [4.69, 9.17) is 18.9 Å². The number of hydrogen-bond acceptors (Lipinski definition) is 12. The topological polar surface area (TPSA) is 192 Å². The van der Waals surface area contributed by atoms with Gasteiger partial charge in [-0.1, -0.05) is 24.3 Å². The van der Waals surface area contributed by atoms with Crippen molar-refractivity contribution in [2.45, 2.75) is 43.2 Å². The Morgan fingerprint density at radius 2 is 1.55 bits per heavy atom. The van der Waals surface area contributed by atoms with E-state index < -0.39 is 55.2 Å². The number of aliphatic hydroxyl groups excluding tert-OH is 3. The number of phenols is 3. The highest BCUT2D eigenvalue weighted by Crippen LogP contribution is 2.43. The molecule has 1 fully saturated rings. The molecule has 6 atom stereocenters. The predicted molar refractivity (Wildman–Crippen MR) is 144 cm³/mol. The second-order valence-corrected chi connectivity index (χ2v) is 9.83. The second-order valence-electron chi connectivity index (χ2n) is 9.83. The summed E-state index contributed by atoms with van der Waals surface area (Å²) in [4.78, 5) is 25.4. The largest absolute Gasteiger partial charge is 0.508 e. The number of rotatable bonds is 7. The maximum atomic E-state index is 13.2. The van der Waals surface area contributed by atoms with Crippen molar-refractivity contribution in [3.8, 4) is 28.7 Å². The van der Waals surface area contributed by atoms with Gasteiger partial charge < -0.3 is 49.6 Å². The molecule has 1 unspecified atom stereocenters. The molecule has 0 aliphatic carbocycles. The number of carbonyl (C=O) groups excluding carboxylic acids is 2. The molecule has 2 aliphatic heterocycles. The SMILES string of the molecule is O=C(/C=C/c1ccc(O)cc1)OC[C@H]1O[C@@H](Oc2cc(O)cc3c2C(=O)CC(c2ccc(O)cc2)O3)[C@H](O)[C@@H](O)[C@@H]1O. The number of hydrogen-bond donors (Lipinski definition) is 6. The molecule has 0 saturated carbocycles. The van der Waals surface area contributed by atoms with E-state index in [9.17, 15) is 40.2 Å². The molecule has 12 heteroatoms. The molecular weight excluding hydrogens is 552 g/mol. The van der Waals surface area contributed by atoms with Gasteiger partial charge in [0.25, 0.3) is 0 Å². The molecule has 0 spiro atoms. The van der Waals surface area contributed by atoms with E-state index in [1.807, 2.05) is 0 Å². The summed E-state index contributed by atoms with van der Waals surface area (Å²) in [5.74, 6) is -1.58. The zero-order chi connectivity index (χ0) is 30.0. The Morgan fingerprint density at radius 1 is 0.881 bits per heavy atom. The summed E-state index contributed by atoms with van der Waals surface area (Å²) < 4.78 is 22.4. The fourth-order valence-electron chi connectivity index (χ4n) is 4.62. The van der Waals surface area contributed by atoms with Gasteiger partial charge in [0, 0.05) is 18.2 Å². The Balaban J connectivity index is 1.29. The fourth-order valence-corrected chi connectivity index (χ4v) is 4.62. The lowest BCUT2D eigenvalue weighted by Crippen LogP contribution is -2.60. The fraction of sp³-hybridized carbons (Fsp3) is 0.267. The number of ether oxygens (including phenoxy) is 4. The highest BCUT2D eigenvalue weighted by molar-refractivity contribution is 6.02. The maximum absolute atomic E-state index is 13.2. The molecule has 220 valence electrons. The van der Waals surface area contributed by atoms with Gasteiger partial charge in [0.2, 0.25) is 6.29 Å². The molecular formula is C30H28O12. The third-order valence-electron chi connectivity index (χ3n) is 6.84. The number of aromatic hydroxyl groups is 3. The summed E-state index contributed by atoms with van der Waals surface area (Å²) >= 11 is 0. The minimum absolute atomic E-state index is 0.0103. The number of benzene rings is 3. The van der Waals surface area contributed by atoms with Crippen molar-refractivity contribution in [3.63, 3.8) is 0 Å². The van der Waals surface area contributed by atoms with Gasteiger partial charge in [-0.2, -0.15) is 0 Å². The molecule has 42 heavy (non-hydrogen) atoms. The zero-order valence-electron chi connectivity index (χ0n) is 21.9. The third-order valence-corrected chi connectivity index (χ3v) is 6.84. The number of ketones is 1. The van der Waals surface area contributed by atoms with Gasteiger partial charge in [-0.15, -0.1) is 0 Å². The molecule has 12 nitrogen and oxygen atoms in total. The summed E-state index contributed by atoms with van der Waals surface area (Å²) in [6.45, 7) is -0.516. The van der Waals surface area contributed by atoms with Gasteiger partial charge >= 0.3 is 5.97 Å². The summed E-state index contributed by atoms with van der Waals surface area (Å²) in [5, 5.41) is 60.6. The lowest BCUT2D eigenvalue weighted by Gasteiger charge is -2.40. The molecule has 2 heterocycles. The van der Waals surface area contributed by atoms with E-state index in [0.717, 1.165) is 12.1 Å². The van der Waals surface area contributed by atoms with Crippen molar-refractivity contribution in [1.29, 1.82) is 0 Å². The van der Waals surface area contributed by atoms with Gasteiger partial charge in [0.1, 0.15) is 71.4 Å². The van der Waals surface area contributed by atoms with Gasteiger partial charge in [0.05, 0.1) is 6.42 Å². The van der Waals surface area contributed by atoms with Crippen molar-refractivity contribution in [2.75, 3.05) is 6.61 Å².